The van der Waals surface area contributed by atoms with Crippen LogP contribution in [0.5, 0.6) is 0 Å². The van der Waals surface area contributed by atoms with Crippen molar-refractivity contribution < 1.29 is 9.59 Å². The van der Waals surface area contributed by atoms with Crippen molar-refractivity contribution in [2.45, 2.75) is 39.2 Å². The van der Waals surface area contributed by atoms with Gasteiger partial charge in [-0.15, -0.1) is 0 Å². The third-order valence-electron chi connectivity index (χ3n) is 4.87. The average molecular weight is 313 g/mol. The maximum absolute atomic E-state index is 12.8. The number of hydrogen-bond acceptors (Lipinski definition) is 2. The number of rotatable bonds is 2. The molecule has 2 aromatic rings. The highest BCUT2D eigenvalue weighted by Crippen LogP contribution is 2.23. The number of aromatic amines is 1. The summed E-state index contributed by atoms with van der Waals surface area (Å²) >= 11 is 0. The van der Waals surface area contributed by atoms with Crippen LogP contribution >= 0.6 is 0 Å². The number of likely N-dealkylation sites (N-methyl/N-ethyl adjacent to an activating group) is 1. The van der Waals surface area contributed by atoms with E-state index in [1.54, 1.807) is 11.9 Å². The zero-order valence-electron chi connectivity index (χ0n) is 13.9. The lowest BCUT2D eigenvalue weighted by Crippen LogP contribution is -2.46. The van der Waals surface area contributed by atoms with Crippen molar-refractivity contribution in [3.63, 3.8) is 0 Å². The second kappa shape index (κ2) is 6.07. The number of nitrogens with one attached hydrogen (secondary N) is 2. The molecular weight excluding hydrogens is 290 g/mol. The highest BCUT2D eigenvalue weighted by atomic mass is 16.2. The first-order valence-electron chi connectivity index (χ1n) is 8.13. The zero-order chi connectivity index (χ0) is 16.6. The molecule has 0 bridgehead atoms. The van der Waals surface area contributed by atoms with Crippen LogP contribution in [0.15, 0.2) is 18.2 Å². The molecule has 2 N–H and O–H groups in total. The van der Waals surface area contributed by atoms with Gasteiger partial charge in [-0.2, -0.15) is 0 Å². The summed E-state index contributed by atoms with van der Waals surface area (Å²) in [5, 5.41) is 3.94. The molecule has 23 heavy (non-hydrogen) atoms. The van der Waals surface area contributed by atoms with Crippen LogP contribution in [0, 0.1) is 13.8 Å². The highest BCUT2D eigenvalue weighted by molar-refractivity contribution is 6.00. The Bertz CT molecular complexity index is 763. The van der Waals surface area contributed by atoms with E-state index in [1.807, 2.05) is 18.2 Å². The number of nitrogens with zero attached hydrogens (tertiary/aromatic N) is 1. The Labute approximate surface area is 136 Å². The molecule has 1 saturated heterocycles. The van der Waals surface area contributed by atoms with Gasteiger partial charge in [0.1, 0.15) is 11.7 Å². The van der Waals surface area contributed by atoms with Crippen molar-refractivity contribution in [3.05, 3.63) is 35.0 Å². The minimum atomic E-state index is -0.390. The van der Waals surface area contributed by atoms with E-state index in [9.17, 15) is 9.59 Å². The molecule has 0 saturated carbocycles. The first-order valence-corrected chi connectivity index (χ1v) is 8.13. The van der Waals surface area contributed by atoms with Crippen molar-refractivity contribution in [2.75, 3.05) is 13.6 Å². The van der Waals surface area contributed by atoms with Crippen molar-refractivity contribution in [2.24, 2.45) is 0 Å². The molecule has 1 aromatic carbocycles. The van der Waals surface area contributed by atoms with Crippen LogP contribution in [0.2, 0.25) is 0 Å². The van der Waals surface area contributed by atoms with E-state index in [1.165, 1.54) is 11.1 Å². The van der Waals surface area contributed by atoms with E-state index in [-0.39, 0.29) is 17.9 Å². The third-order valence-corrected chi connectivity index (χ3v) is 4.87. The van der Waals surface area contributed by atoms with Gasteiger partial charge in [-0.1, -0.05) is 6.07 Å². The lowest BCUT2D eigenvalue weighted by molar-refractivity contribution is -0.125. The second-order valence-electron chi connectivity index (χ2n) is 6.37. The Morgan fingerprint density at radius 3 is 2.83 bits per heavy atom. The van der Waals surface area contributed by atoms with Crippen LogP contribution in [0.4, 0.5) is 0 Å². The van der Waals surface area contributed by atoms with Crippen LogP contribution in [-0.2, 0) is 4.79 Å². The Kier molecular flexibility index (Phi) is 4.11. The maximum Gasteiger partial charge on any atom is 0.270 e. The van der Waals surface area contributed by atoms with E-state index in [2.05, 4.69) is 24.1 Å². The van der Waals surface area contributed by atoms with Gasteiger partial charge < -0.3 is 15.2 Å². The number of carbonyl (C=O) groups excluding carboxylic acids is 2. The number of fused-ring (bicyclic) bond motifs is 1. The minimum absolute atomic E-state index is 0.0542. The predicted molar refractivity (Wildman–Crippen MR) is 90.5 cm³/mol. The van der Waals surface area contributed by atoms with Gasteiger partial charge >= 0.3 is 0 Å². The molecule has 5 heteroatoms. The molecule has 2 amide bonds. The summed E-state index contributed by atoms with van der Waals surface area (Å²) in [6.07, 6.45) is 2.63. The van der Waals surface area contributed by atoms with Gasteiger partial charge in [0.25, 0.3) is 5.91 Å². The second-order valence-corrected chi connectivity index (χ2v) is 6.37. The summed E-state index contributed by atoms with van der Waals surface area (Å²) < 4.78 is 0. The topological polar surface area (TPSA) is 65.2 Å². The number of H-pyrrole nitrogens is 1. The summed E-state index contributed by atoms with van der Waals surface area (Å²) in [6, 6.07) is 5.54. The van der Waals surface area contributed by atoms with Crippen LogP contribution in [0.3, 0.4) is 0 Å². The molecule has 2 heterocycles. The number of benzene rings is 1. The van der Waals surface area contributed by atoms with Gasteiger partial charge in [0.15, 0.2) is 0 Å². The van der Waals surface area contributed by atoms with Crippen LogP contribution in [-0.4, -0.2) is 41.3 Å². The fourth-order valence-corrected chi connectivity index (χ4v) is 3.20. The first kappa shape index (κ1) is 15.6. The average Bonchev–Trinajstić information content (AvgIpc) is 2.86. The standard InChI is InChI=1S/C18H23N3O2/c1-11-7-8-14-13(12(11)2)10-15(20-14)18(23)21(3)16-6-4-5-9-19-17(16)22/h7-8,10,16,20H,4-6,9H2,1-3H3,(H,19,22). The van der Waals surface area contributed by atoms with E-state index in [0.29, 0.717) is 18.7 Å². The van der Waals surface area contributed by atoms with Crippen molar-refractivity contribution in [3.8, 4) is 0 Å². The SMILES string of the molecule is Cc1ccc2[nH]c(C(=O)N(C)C3CCCCNC3=O)cc2c1C. The molecule has 0 spiro atoms. The molecule has 1 unspecified atom stereocenters. The zero-order valence-corrected chi connectivity index (χ0v) is 13.9. The van der Waals surface area contributed by atoms with Gasteiger partial charge in [0.2, 0.25) is 5.91 Å². The lowest BCUT2D eigenvalue weighted by atomic mass is 10.1. The molecule has 0 aliphatic carbocycles. The summed E-state index contributed by atoms with van der Waals surface area (Å²) in [5.74, 6) is -0.193. The van der Waals surface area contributed by atoms with Crippen molar-refractivity contribution in [1.29, 1.82) is 0 Å². The quantitative estimate of drug-likeness (QED) is 0.895. The molecule has 0 radical (unpaired) electrons. The van der Waals surface area contributed by atoms with E-state index in [0.717, 1.165) is 23.7 Å². The van der Waals surface area contributed by atoms with Crippen LogP contribution in [0.25, 0.3) is 10.9 Å². The fourth-order valence-electron chi connectivity index (χ4n) is 3.20. The fraction of sp³-hybridized carbons (Fsp3) is 0.444. The molecule has 5 nitrogen and oxygen atoms in total. The van der Waals surface area contributed by atoms with Crippen LogP contribution < -0.4 is 5.32 Å². The maximum atomic E-state index is 12.8. The van der Waals surface area contributed by atoms with E-state index >= 15 is 0 Å². The molecule has 1 aliphatic heterocycles. The highest BCUT2D eigenvalue weighted by Gasteiger charge is 2.29. The smallest absolute Gasteiger partial charge is 0.270 e. The largest absolute Gasteiger partial charge is 0.354 e. The number of hydrogen-bond donors (Lipinski definition) is 2. The van der Waals surface area contributed by atoms with Crippen molar-refractivity contribution in [1.82, 2.24) is 15.2 Å². The molecule has 1 fully saturated rings. The molecule has 122 valence electrons. The molecule has 1 atom stereocenters. The summed E-state index contributed by atoms with van der Waals surface area (Å²) in [5.41, 5.74) is 3.86. The Hall–Kier alpha value is -2.30. The normalized spacial score (nSPS) is 18.6. The van der Waals surface area contributed by atoms with Gasteiger partial charge in [0.05, 0.1) is 0 Å². The third kappa shape index (κ3) is 2.83. The Morgan fingerprint density at radius 2 is 2.04 bits per heavy atom. The predicted octanol–water partition coefficient (Wildman–Crippen LogP) is 2.53. The molecule has 1 aromatic heterocycles. The number of aromatic nitrogens is 1. The number of amides is 2. The van der Waals surface area contributed by atoms with E-state index < -0.39 is 0 Å². The minimum Gasteiger partial charge on any atom is -0.354 e. The summed E-state index contributed by atoms with van der Waals surface area (Å²) in [6.45, 7) is 4.82. The van der Waals surface area contributed by atoms with Gasteiger partial charge in [-0.05, 0) is 56.4 Å². The van der Waals surface area contributed by atoms with Gasteiger partial charge in [-0.25, -0.2) is 0 Å². The van der Waals surface area contributed by atoms with Gasteiger partial charge in [0, 0.05) is 24.5 Å². The van der Waals surface area contributed by atoms with Crippen LogP contribution in [0.1, 0.15) is 40.9 Å². The number of aryl methyl sites for hydroxylation is 2. The monoisotopic (exact) mass is 313 g/mol. The lowest BCUT2D eigenvalue weighted by Gasteiger charge is -2.25. The van der Waals surface area contributed by atoms with Crippen molar-refractivity contribution >= 4 is 22.7 Å². The summed E-state index contributed by atoms with van der Waals surface area (Å²) in [7, 11) is 1.71. The molecular formula is C18H23N3O2. The Morgan fingerprint density at radius 1 is 1.26 bits per heavy atom. The number of carbonyl (C=O) groups is 2. The Balaban J connectivity index is 1.90. The van der Waals surface area contributed by atoms with Gasteiger partial charge in [-0.3, -0.25) is 9.59 Å². The van der Waals surface area contributed by atoms with E-state index in [4.69, 9.17) is 0 Å². The molecule has 1 aliphatic rings. The first-order chi connectivity index (χ1) is 11.0. The molecule has 3 rings (SSSR count). The summed E-state index contributed by atoms with van der Waals surface area (Å²) in [4.78, 5) is 29.7.